The molecule has 2 N–H and O–H groups in total. The van der Waals surface area contributed by atoms with Gasteiger partial charge in [0.15, 0.2) is 5.76 Å². The molecule has 6 heteroatoms. The number of carboxylic acids is 1. The lowest BCUT2D eigenvalue weighted by Crippen LogP contribution is -2.39. The van der Waals surface area contributed by atoms with Crippen molar-refractivity contribution >= 4 is 11.9 Å². The first-order valence-corrected chi connectivity index (χ1v) is 6.14. The van der Waals surface area contributed by atoms with Gasteiger partial charge in [0.1, 0.15) is 5.56 Å². The molecule has 1 rings (SSSR count). The molecular weight excluding hydrogens is 248 g/mol. The Balaban J connectivity index is 2.85. The molecule has 0 radical (unpaired) electrons. The van der Waals surface area contributed by atoms with E-state index in [9.17, 15) is 9.59 Å². The molecule has 0 aliphatic rings. The van der Waals surface area contributed by atoms with Crippen LogP contribution in [0, 0.1) is 12.3 Å². The highest BCUT2D eigenvalue weighted by molar-refractivity contribution is 5.96. The molecule has 19 heavy (non-hydrogen) atoms. The Morgan fingerprint density at radius 2 is 2.00 bits per heavy atom. The summed E-state index contributed by atoms with van der Waals surface area (Å²) >= 11 is 0. The summed E-state index contributed by atoms with van der Waals surface area (Å²) in [4.78, 5) is 23.1. The Morgan fingerprint density at radius 3 is 2.47 bits per heavy atom. The fourth-order valence-corrected chi connectivity index (χ4v) is 1.52. The summed E-state index contributed by atoms with van der Waals surface area (Å²) in [6.07, 6.45) is 0. The van der Waals surface area contributed by atoms with E-state index in [1.54, 1.807) is 20.8 Å². The SMILES string of the molecule is Cc1noc(C(C)C)c1C(=O)NCC(C)(C)C(=O)O. The third-order valence-corrected chi connectivity index (χ3v) is 2.91. The molecule has 1 amide bonds. The van der Waals surface area contributed by atoms with Gasteiger partial charge < -0.3 is 14.9 Å². The molecule has 0 unspecified atom stereocenters. The number of aryl methyl sites for hydroxylation is 1. The number of nitrogens with one attached hydrogen (secondary N) is 1. The molecule has 106 valence electrons. The number of hydrogen-bond donors (Lipinski definition) is 2. The van der Waals surface area contributed by atoms with E-state index in [1.165, 1.54) is 0 Å². The quantitative estimate of drug-likeness (QED) is 0.851. The first kappa shape index (κ1) is 15.2. The second kappa shape index (κ2) is 5.42. The summed E-state index contributed by atoms with van der Waals surface area (Å²) in [6.45, 7) is 8.64. The van der Waals surface area contributed by atoms with Gasteiger partial charge in [-0.05, 0) is 20.8 Å². The Kier molecular flexibility index (Phi) is 4.34. The molecule has 0 atom stereocenters. The predicted octanol–water partition coefficient (Wildman–Crippen LogP) is 1.95. The fraction of sp³-hybridized carbons (Fsp3) is 0.615. The number of rotatable bonds is 5. The minimum absolute atomic E-state index is 0.0365. The van der Waals surface area contributed by atoms with Crippen LogP contribution < -0.4 is 5.32 Å². The number of carbonyl (C=O) groups excluding carboxylic acids is 1. The molecule has 1 aromatic rings. The van der Waals surface area contributed by atoms with Gasteiger partial charge in [0.25, 0.3) is 5.91 Å². The highest BCUT2D eigenvalue weighted by Crippen LogP contribution is 2.22. The topological polar surface area (TPSA) is 92.4 Å². The van der Waals surface area contributed by atoms with Crippen LogP contribution in [0.5, 0.6) is 0 Å². The van der Waals surface area contributed by atoms with E-state index in [1.807, 2.05) is 13.8 Å². The molecule has 0 saturated heterocycles. The lowest BCUT2D eigenvalue weighted by Gasteiger charge is -2.19. The normalized spacial score (nSPS) is 11.7. The van der Waals surface area contributed by atoms with Crippen LogP contribution in [0.3, 0.4) is 0 Å². The molecule has 0 spiro atoms. The highest BCUT2D eigenvalue weighted by Gasteiger charge is 2.29. The standard InChI is InChI=1S/C13H20N2O4/c1-7(2)10-9(8(3)15-19-10)11(16)14-6-13(4,5)12(17)18/h7H,6H2,1-5H3,(H,14,16)(H,17,18). The zero-order chi connectivity index (χ0) is 14.8. The largest absolute Gasteiger partial charge is 0.481 e. The molecule has 6 nitrogen and oxygen atoms in total. The van der Waals surface area contributed by atoms with Crippen LogP contribution in [0.2, 0.25) is 0 Å². The number of carboxylic acid groups (broad SMARTS) is 1. The van der Waals surface area contributed by atoms with Crippen molar-refractivity contribution in [3.63, 3.8) is 0 Å². The Hall–Kier alpha value is -1.85. The zero-order valence-corrected chi connectivity index (χ0v) is 11.9. The molecular formula is C13H20N2O4. The molecule has 0 aliphatic heterocycles. The third-order valence-electron chi connectivity index (χ3n) is 2.91. The van der Waals surface area contributed by atoms with Gasteiger partial charge >= 0.3 is 5.97 Å². The van der Waals surface area contributed by atoms with Gasteiger partial charge in [-0.15, -0.1) is 0 Å². The van der Waals surface area contributed by atoms with E-state index < -0.39 is 11.4 Å². The summed E-state index contributed by atoms with van der Waals surface area (Å²) < 4.78 is 5.13. The van der Waals surface area contributed by atoms with Gasteiger partial charge in [-0.3, -0.25) is 9.59 Å². The maximum Gasteiger partial charge on any atom is 0.310 e. The molecule has 1 heterocycles. The predicted molar refractivity (Wildman–Crippen MR) is 69.1 cm³/mol. The van der Waals surface area contributed by atoms with Crippen molar-refractivity contribution in [3.05, 3.63) is 17.0 Å². The van der Waals surface area contributed by atoms with Crippen LogP contribution in [0.1, 0.15) is 55.4 Å². The lowest BCUT2D eigenvalue weighted by molar-refractivity contribution is -0.146. The second-order valence-corrected chi connectivity index (χ2v) is 5.53. The van der Waals surface area contributed by atoms with E-state index in [2.05, 4.69) is 10.5 Å². The third kappa shape index (κ3) is 3.33. The van der Waals surface area contributed by atoms with Crippen molar-refractivity contribution < 1.29 is 19.2 Å². The second-order valence-electron chi connectivity index (χ2n) is 5.53. The first-order valence-electron chi connectivity index (χ1n) is 6.14. The minimum atomic E-state index is -1.02. The van der Waals surface area contributed by atoms with E-state index in [4.69, 9.17) is 9.63 Å². The number of carbonyl (C=O) groups is 2. The first-order chi connectivity index (χ1) is 8.66. The van der Waals surface area contributed by atoms with Gasteiger partial charge in [0.05, 0.1) is 11.1 Å². The van der Waals surface area contributed by atoms with Crippen molar-refractivity contribution in [2.24, 2.45) is 5.41 Å². The van der Waals surface area contributed by atoms with E-state index in [0.717, 1.165) is 0 Å². The molecule has 0 bridgehead atoms. The van der Waals surface area contributed by atoms with Gasteiger partial charge in [-0.1, -0.05) is 19.0 Å². The summed E-state index contributed by atoms with van der Waals surface area (Å²) in [5, 5.41) is 15.4. The minimum Gasteiger partial charge on any atom is -0.481 e. The molecule has 0 saturated carbocycles. The number of hydrogen-bond acceptors (Lipinski definition) is 4. The molecule has 0 aliphatic carbocycles. The highest BCUT2D eigenvalue weighted by atomic mass is 16.5. The smallest absolute Gasteiger partial charge is 0.310 e. The van der Waals surface area contributed by atoms with Crippen molar-refractivity contribution in [3.8, 4) is 0 Å². The number of amides is 1. The summed E-state index contributed by atoms with van der Waals surface area (Å²) in [5.41, 5.74) is -0.107. The Labute approximate surface area is 112 Å². The molecule has 1 aromatic heterocycles. The van der Waals surface area contributed by atoms with Crippen LogP contribution in [-0.2, 0) is 4.79 Å². The van der Waals surface area contributed by atoms with Gasteiger partial charge in [0.2, 0.25) is 0 Å². The summed E-state index contributed by atoms with van der Waals surface area (Å²) in [5.74, 6) is -0.756. The lowest BCUT2D eigenvalue weighted by atomic mass is 9.93. The van der Waals surface area contributed by atoms with Crippen molar-refractivity contribution in [2.45, 2.75) is 40.5 Å². The number of aliphatic carboxylic acids is 1. The number of aromatic nitrogens is 1. The van der Waals surface area contributed by atoms with Gasteiger partial charge in [0, 0.05) is 12.5 Å². The van der Waals surface area contributed by atoms with Gasteiger partial charge in [-0.2, -0.15) is 0 Å². The van der Waals surface area contributed by atoms with Crippen LogP contribution in [0.15, 0.2) is 4.52 Å². The van der Waals surface area contributed by atoms with Crippen molar-refractivity contribution in [2.75, 3.05) is 6.54 Å². The monoisotopic (exact) mass is 268 g/mol. The van der Waals surface area contributed by atoms with Gasteiger partial charge in [-0.25, -0.2) is 0 Å². The maximum atomic E-state index is 12.1. The van der Waals surface area contributed by atoms with Crippen LogP contribution in [0.25, 0.3) is 0 Å². The average molecular weight is 268 g/mol. The maximum absolute atomic E-state index is 12.1. The van der Waals surface area contributed by atoms with E-state index >= 15 is 0 Å². The summed E-state index contributed by atoms with van der Waals surface area (Å²) in [6, 6.07) is 0. The van der Waals surface area contributed by atoms with E-state index in [-0.39, 0.29) is 18.4 Å². The molecule has 0 fully saturated rings. The van der Waals surface area contributed by atoms with Crippen molar-refractivity contribution in [1.29, 1.82) is 0 Å². The average Bonchev–Trinajstić information content (AvgIpc) is 2.68. The van der Waals surface area contributed by atoms with Crippen LogP contribution >= 0.6 is 0 Å². The van der Waals surface area contributed by atoms with Crippen LogP contribution in [-0.4, -0.2) is 28.7 Å². The number of nitrogens with zero attached hydrogens (tertiary/aromatic N) is 1. The zero-order valence-electron chi connectivity index (χ0n) is 11.9. The Morgan fingerprint density at radius 1 is 1.42 bits per heavy atom. The van der Waals surface area contributed by atoms with Crippen LogP contribution in [0.4, 0.5) is 0 Å². The fourth-order valence-electron chi connectivity index (χ4n) is 1.52. The molecule has 0 aromatic carbocycles. The van der Waals surface area contributed by atoms with E-state index in [0.29, 0.717) is 17.0 Å². The Bertz CT molecular complexity index is 489. The van der Waals surface area contributed by atoms with Crippen molar-refractivity contribution in [1.82, 2.24) is 10.5 Å². The summed E-state index contributed by atoms with van der Waals surface area (Å²) in [7, 11) is 0.